The second-order valence-electron chi connectivity index (χ2n) is 10.3. The molecule has 1 aromatic carbocycles. The van der Waals surface area contributed by atoms with Gasteiger partial charge < -0.3 is 0 Å². The molecule has 0 fully saturated rings. The first kappa shape index (κ1) is 29.7. The molecule has 200 valence electrons. The molecule has 1 unspecified atom stereocenters. The van der Waals surface area contributed by atoms with E-state index in [0.717, 1.165) is 40.0 Å². The van der Waals surface area contributed by atoms with Gasteiger partial charge in [-0.2, -0.15) is 8.75 Å². The van der Waals surface area contributed by atoms with Crippen molar-refractivity contribution in [3.8, 4) is 10.4 Å². The van der Waals surface area contributed by atoms with Crippen LogP contribution in [0.3, 0.4) is 0 Å². The van der Waals surface area contributed by atoms with Gasteiger partial charge in [0.15, 0.2) is 0 Å². The number of aromatic nitrogens is 2. The molecular weight excluding hydrogens is 551 g/mol. The minimum absolute atomic E-state index is 0.268. The Kier molecular flexibility index (Phi) is 13.9. The molecule has 0 radical (unpaired) electrons. The van der Waals surface area contributed by atoms with Gasteiger partial charge in [0, 0.05) is 15.3 Å². The van der Waals surface area contributed by atoms with Crippen LogP contribution in [-0.4, -0.2) is 8.75 Å². The minimum atomic E-state index is -0.268. The first-order valence-electron chi connectivity index (χ1n) is 14.3. The van der Waals surface area contributed by atoms with Crippen LogP contribution in [0, 0.1) is 11.7 Å². The van der Waals surface area contributed by atoms with Crippen molar-refractivity contribution in [3.05, 3.63) is 33.4 Å². The smallest absolute Gasteiger partial charge is 0.140 e. The van der Waals surface area contributed by atoms with E-state index >= 15 is 0 Å². The van der Waals surface area contributed by atoms with Crippen LogP contribution in [0.5, 0.6) is 0 Å². The molecule has 0 bridgehead atoms. The molecular formula is C30H44BrFN2S2. The van der Waals surface area contributed by atoms with Crippen molar-refractivity contribution < 1.29 is 4.39 Å². The zero-order chi connectivity index (χ0) is 25.6. The zero-order valence-electron chi connectivity index (χ0n) is 22.3. The van der Waals surface area contributed by atoms with Gasteiger partial charge in [0.2, 0.25) is 0 Å². The summed E-state index contributed by atoms with van der Waals surface area (Å²) in [6.45, 7) is 4.57. The molecule has 1 atom stereocenters. The summed E-state index contributed by atoms with van der Waals surface area (Å²) >= 11 is 6.28. The molecule has 2 heterocycles. The van der Waals surface area contributed by atoms with Crippen LogP contribution in [0.25, 0.3) is 21.5 Å². The van der Waals surface area contributed by atoms with Crippen molar-refractivity contribution in [1.82, 2.24) is 8.75 Å². The number of hydrogen-bond acceptors (Lipinski definition) is 4. The lowest BCUT2D eigenvalue weighted by Crippen LogP contribution is -2.04. The van der Waals surface area contributed by atoms with E-state index in [4.69, 9.17) is 0 Å². The zero-order valence-corrected chi connectivity index (χ0v) is 25.5. The van der Waals surface area contributed by atoms with Crippen LogP contribution in [0.15, 0.2) is 22.7 Å². The summed E-state index contributed by atoms with van der Waals surface area (Å²) in [4.78, 5) is 2.51. The van der Waals surface area contributed by atoms with E-state index in [2.05, 4.69) is 50.7 Å². The fraction of sp³-hybridized carbons (Fsp3) is 0.667. The fourth-order valence-corrected chi connectivity index (χ4v) is 7.33. The number of unbranched alkanes of at least 4 members (excludes halogenated alkanes) is 12. The second kappa shape index (κ2) is 16.9. The number of rotatable bonds is 19. The highest BCUT2D eigenvalue weighted by Gasteiger charge is 2.18. The highest BCUT2D eigenvalue weighted by Crippen LogP contribution is 2.38. The van der Waals surface area contributed by atoms with E-state index in [0.29, 0.717) is 9.99 Å². The molecule has 2 aromatic heterocycles. The molecule has 3 rings (SSSR count). The van der Waals surface area contributed by atoms with Crippen LogP contribution < -0.4 is 0 Å². The maximum atomic E-state index is 14.5. The summed E-state index contributed by atoms with van der Waals surface area (Å²) in [5, 5.41) is 0. The maximum Gasteiger partial charge on any atom is 0.140 e. The van der Waals surface area contributed by atoms with Gasteiger partial charge in [-0.1, -0.05) is 117 Å². The number of nitrogens with zero attached hydrogens (tertiary/aromatic N) is 2. The molecule has 3 aromatic rings. The van der Waals surface area contributed by atoms with Crippen molar-refractivity contribution in [1.29, 1.82) is 0 Å². The first-order valence-corrected chi connectivity index (χ1v) is 16.7. The van der Waals surface area contributed by atoms with Crippen LogP contribution in [0.4, 0.5) is 4.39 Å². The summed E-state index contributed by atoms with van der Waals surface area (Å²) in [5.41, 5.74) is 2.29. The fourth-order valence-electron chi connectivity index (χ4n) is 5.11. The molecule has 0 spiro atoms. The molecule has 6 heteroatoms. The summed E-state index contributed by atoms with van der Waals surface area (Å²) in [7, 11) is 0. The quantitative estimate of drug-likeness (QED) is 0.129. The molecule has 0 amide bonds. The number of fused-ring (bicyclic) bond motifs is 1. The molecule has 0 aliphatic carbocycles. The monoisotopic (exact) mass is 594 g/mol. The van der Waals surface area contributed by atoms with Crippen LogP contribution in [0.2, 0.25) is 0 Å². The van der Waals surface area contributed by atoms with Gasteiger partial charge in [-0.15, -0.1) is 11.3 Å². The molecule has 0 aliphatic rings. The SMILES string of the molecule is CCCCCCCCCCC(CCCCCCCC)Cc1ccc(-c2cc(F)c(Br)c3nsnc23)s1. The highest BCUT2D eigenvalue weighted by atomic mass is 79.9. The molecule has 36 heavy (non-hydrogen) atoms. The van der Waals surface area contributed by atoms with Gasteiger partial charge in [0.05, 0.1) is 16.2 Å². The lowest BCUT2D eigenvalue weighted by atomic mass is 9.91. The van der Waals surface area contributed by atoms with Crippen molar-refractivity contribution in [2.24, 2.45) is 5.92 Å². The van der Waals surface area contributed by atoms with Gasteiger partial charge in [-0.05, 0) is 46.5 Å². The third-order valence-corrected chi connectivity index (χ3v) is 9.70. The third-order valence-electron chi connectivity index (χ3n) is 7.28. The largest absolute Gasteiger partial charge is 0.206 e. The van der Waals surface area contributed by atoms with Gasteiger partial charge in [0.25, 0.3) is 0 Å². The number of thiophene rings is 1. The van der Waals surface area contributed by atoms with Crippen molar-refractivity contribution in [2.75, 3.05) is 0 Å². The van der Waals surface area contributed by atoms with E-state index in [9.17, 15) is 4.39 Å². The van der Waals surface area contributed by atoms with Gasteiger partial charge in [-0.25, -0.2) is 4.39 Å². The van der Waals surface area contributed by atoms with E-state index in [1.54, 1.807) is 6.07 Å². The standard InChI is InChI=1S/C30H44BrFN2S2/c1-3-5-7-9-11-12-14-16-18-23(17-15-13-10-8-6-4-2)21-24-19-20-27(35-24)25-22-26(32)28(31)30-29(25)33-36-34-30/h19-20,22-23H,3-18,21H2,1-2H3. The predicted octanol–water partition coefficient (Wildman–Crippen LogP) is 11.8. The molecule has 0 saturated heterocycles. The molecule has 0 saturated carbocycles. The normalized spacial score (nSPS) is 12.6. The third kappa shape index (κ3) is 9.47. The number of benzene rings is 1. The minimum Gasteiger partial charge on any atom is -0.206 e. The Bertz CT molecular complexity index is 1020. The Hall–Kier alpha value is -0.850. The van der Waals surface area contributed by atoms with Crippen LogP contribution in [-0.2, 0) is 6.42 Å². The Morgan fingerprint density at radius 2 is 1.33 bits per heavy atom. The number of hydrogen-bond donors (Lipinski definition) is 0. The van der Waals surface area contributed by atoms with E-state index in [1.165, 1.54) is 108 Å². The van der Waals surface area contributed by atoms with Gasteiger partial charge in [0.1, 0.15) is 16.9 Å². The Balaban J connectivity index is 1.56. The lowest BCUT2D eigenvalue weighted by Gasteiger charge is -2.16. The number of halogens is 2. The van der Waals surface area contributed by atoms with Gasteiger partial charge >= 0.3 is 0 Å². The maximum absolute atomic E-state index is 14.5. The molecule has 0 aliphatic heterocycles. The summed E-state index contributed by atoms with van der Waals surface area (Å²) in [6.07, 6.45) is 23.1. The average molecular weight is 596 g/mol. The predicted molar refractivity (Wildman–Crippen MR) is 161 cm³/mol. The molecule has 2 nitrogen and oxygen atoms in total. The highest BCUT2D eigenvalue weighted by molar-refractivity contribution is 9.10. The summed E-state index contributed by atoms with van der Waals surface area (Å²) in [6, 6.07) is 6.02. The van der Waals surface area contributed by atoms with Crippen molar-refractivity contribution in [3.63, 3.8) is 0 Å². The van der Waals surface area contributed by atoms with E-state index in [-0.39, 0.29) is 5.82 Å². The summed E-state index contributed by atoms with van der Waals surface area (Å²) in [5.74, 6) is 0.487. The van der Waals surface area contributed by atoms with Crippen LogP contribution >= 0.6 is 39.0 Å². The van der Waals surface area contributed by atoms with E-state index < -0.39 is 0 Å². The Labute approximate surface area is 235 Å². The Morgan fingerprint density at radius 3 is 1.94 bits per heavy atom. The van der Waals surface area contributed by atoms with Crippen molar-refractivity contribution in [2.45, 2.75) is 123 Å². The van der Waals surface area contributed by atoms with Crippen LogP contribution in [0.1, 0.15) is 121 Å². The van der Waals surface area contributed by atoms with Crippen molar-refractivity contribution >= 4 is 50.0 Å². The first-order chi connectivity index (χ1) is 17.6. The topological polar surface area (TPSA) is 25.8 Å². The second-order valence-corrected chi connectivity index (χ2v) is 12.8. The van der Waals surface area contributed by atoms with E-state index in [1.807, 2.05) is 11.3 Å². The Morgan fingerprint density at radius 1 is 0.778 bits per heavy atom. The average Bonchev–Trinajstić information content (AvgIpc) is 3.55. The van der Waals surface area contributed by atoms with Gasteiger partial charge in [-0.3, -0.25) is 0 Å². The lowest BCUT2D eigenvalue weighted by molar-refractivity contribution is 0.402. The molecule has 0 N–H and O–H groups in total. The summed E-state index contributed by atoms with van der Waals surface area (Å²) < 4.78 is 23.7.